The number of fused-ring (bicyclic) bond motifs is 1. The lowest BCUT2D eigenvalue weighted by Gasteiger charge is -2.28. The summed E-state index contributed by atoms with van der Waals surface area (Å²) in [5, 5.41) is 0. The Bertz CT molecular complexity index is 449. The van der Waals surface area contributed by atoms with Gasteiger partial charge in [-0.15, -0.1) is 0 Å². The van der Waals surface area contributed by atoms with Gasteiger partial charge >= 0.3 is 0 Å². The zero-order chi connectivity index (χ0) is 13.1. The summed E-state index contributed by atoms with van der Waals surface area (Å²) >= 11 is 0. The molecule has 3 nitrogen and oxygen atoms in total. The van der Waals surface area contributed by atoms with Crippen LogP contribution in [0.4, 0.5) is 0 Å². The molecule has 1 unspecified atom stereocenters. The third-order valence-electron chi connectivity index (χ3n) is 4.16. The van der Waals surface area contributed by atoms with Gasteiger partial charge in [-0.1, -0.05) is 24.3 Å². The van der Waals surface area contributed by atoms with E-state index in [0.29, 0.717) is 12.2 Å². The van der Waals surface area contributed by atoms with Crippen LogP contribution in [0.2, 0.25) is 0 Å². The molecule has 1 aromatic carbocycles. The topological polar surface area (TPSA) is 35.5 Å². The number of benzene rings is 1. The molecule has 1 fully saturated rings. The van der Waals surface area contributed by atoms with Crippen molar-refractivity contribution < 1.29 is 14.3 Å². The van der Waals surface area contributed by atoms with Gasteiger partial charge in [-0.25, -0.2) is 0 Å². The highest BCUT2D eigenvalue weighted by molar-refractivity contribution is 5.81. The summed E-state index contributed by atoms with van der Waals surface area (Å²) in [6, 6.07) is 8.32. The van der Waals surface area contributed by atoms with Gasteiger partial charge in [-0.05, 0) is 30.4 Å². The van der Waals surface area contributed by atoms with Crippen molar-refractivity contribution in [2.24, 2.45) is 5.92 Å². The standard InChI is InChI=1S/C16H20O3/c17-15(13-5-8-18-9-6-13)11-16-14-4-2-1-3-12(14)7-10-19-16/h1-4,13,16H,5-11H2. The van der Waals surface area contributed by atoms with Crippen LogP contribution in [0.1, 0.15) is 36.5 Å². The fourth-order valence-corrected chi connectivity index (χ4v) is 3.01. The van der Waals surface area contributed by atoms with Crippen LogP contribution >= 0.6 is 0 Å². The maximum absolute atomic E-state index is 12.3. The van der Waals surface area contributed by atoms with Crippen molar-refractivity contribution in [1.29, 1.82) is 0 Å². The molecule has 0 aromatic heterocycles. The van der Waals surface area contributed by atoms with Crippen molar-refractivity contribution in [1.82, 2.24) is 0 Å². The van der Waals surface area contributed by atoms with Crippen LogP contribution in [0, 0.1) is 5.92 Å². The van der Waals surface area contributed by atoms with E-state index in [-0.39, 0.29) is 12.0 Å². The molecule has 0 spiro atoms. The molecular weight excluding hydrogens is 240 g/mol. The third-order valence-corrected chi connectivity index (χ3v) is 4.16. The van der Waals surface area contributed by atoms with Gasteiger partial charge in [0.25, 0.3) is 0 Å². The van der Waals surface area contributed by atoms with E-state index in [1.807, 2.05) is 6.07 Å². The van der Waals surface area contributed by atoms with Crippen molar-refractivity contribution in [3.8, 4) is 0 Å². The second-order valence-electron chi connectivity index (χ2n) is 5.37. The molecule has 3 rings (SSSR count). The van der Waals surface area contributed by atoms with E-state index < -0.39 is 0 Å². The first kappa shape index (κ1) is 12.8. The molecule has 0 aliphatic carbocycles. The molecule has 2 aliphatic rings. The molecule has 19 heavy (non-hydrogen) atoms. The lowest BCUT2D eigenvalue weighted by atomic mass is 9.88. The number of Topliss-reactive ketones (excluding diaryl/α,β-unsaturated/α-hetero) is 1. The van der Waals surface area contributed by atoms with Crippen LogP contribution in [0.3, 0.4) is 0 Å². The molecule has 0 amide bonds. The second kappa shape index (κ2) is 5.85. The number of ether oxygens (including phenoxy) is 2. The third kappa shape index (κ3) is 2.88. The second-order valence-corrected chi connectivity index (χ2v) is 5.37. The Morgan fingerprint density at radius 2 is 1.95 bits per heavy atom. The number of hydrogen-bond donors (Lipinski definition) is 0. The molecule has 1 saturated heterocycles. The smallest absolute Gasteiger partial charge is 0.139 e. The first-order valence-corrected chi connectivity index (χ1v) is 7.14. The molecular formula is C16H20O3. The van der Waals surface area contributed by atoms with E-state index >= 15 is 0 Å². The Hall–Kier alpha value is -1.19. The molecule has 1 aromatic rings. The number of carbonyl (C=O) groups is 1. The predicted molar refractivity (Wildman–Crippen MR) is 72.0 cm³/mol. The summed E-state index contributed by atoms with van der Waals surface area (Å²) in [6.45, 7) is 2.17. The van der Waals surface area contributed by atoms with E-state index in [9.17, 15) is 4.79 Å². The highest BCUT2D eigenvalue weighted by Crippen LogP contribution is 2.31. The van der Waals surface area contributed by atoms with Crippen LogP contribution in [0.5, 0.6) is 0 Å². The summed E-state index contributed by atoms with van der Waals surface area (Å²) < 4.78 is 11.1. The zero-order valence-electron chi connectivity index (χ0n) is 11.1. The molecule has 0 N–H and O–H groups in total. The Labute approximate surface area is 113 Å². The quantitative estimate of drug-likeness (QED) is 0.838. The van der Waals surface area contributed by atoms with Crippen molar-refractivity contribution in [2.45, 2.75) is 31.8 Å². The fraction of sp³-hybridized carbons (Fsp3) is 0.562. The van der Waals surface area contributed by atoms with E-state index in [2.05, 4.69) is 18.2 Å². The summed E-state index contributed by atoms with van der Waals surface area (Å²) in [7, 11) is 0. The highest BCUT2D eigenvalue weighted by Gasteiger charge is 2.27. The Kier molecular flexibility index (Phi) is 3.95. The minimum absolute atomic E-state index is 0.0414. The normalized spacial score (nSPS) is 23.9. The first-order chi connectivity index (χ1) is 9.34. The van der Waals surface area contributed by atoms with Gasteiger partial charge in [0.2, 0.25) is 0 Å². The monoisotopic (exact) mass is 260 g/mol. The molecule has 0 bridgehead atoms. The van der Waals surface area contributed by atoms with Gasteiger partial charge in [0.1, 0.15) is 5.78 Å². The Balaban J connectivity index is 1.68. The molecule has 1 atom stereocenters. The van der Waals surface area contributed by atoms with E-state index in [4.69, 9.17) is 9.47 Å². The van der Waals surface area contributed by atoms with E-state index in [1.165, 1.54) is 11.1 Å². The number of carbonyl (C=O) groups excluding carboxylic acids is 1. The SMILES string of the molecule is O=C(CC1OCCc2ccccc21)C1CCOCC1. The van der Waals surface area contributed by atoms with E-state index in [1.54, 1.807) is 0 Å². The molecule has 0 radical (unpaired) electrons. The van der Waals surface area contributed by atoms with Crippen LogP contribution < -0.4 is 0 Å². The molecule has 2 aliphatic heterocycles. The van der Waals surface area contributed by atoms with Crippen LogP contribution in [-0.4, -0.2) is 25.6 Å². The maximum Gasteiger partial charge on any atom is 0.139 e. The van der Waals surface area contributed by atoms with Gasteiger partial charge in [0.15, 0.2) is 0 Å². The average Bonchev–Trinajstić information content (AvgIpc) is 2.48. The summed E-state index contributed by atoms with van der Waals surface area (Å²) in [5.41, 5.74) is 2.53. The number of rotatable bonds is 3. The summed E-state index contributed by atoms with van der Waals surface area (Å²) in [5.74, 6) is 0.511. The van der Waals surface area contributed by atoms with Crippen LogP contribution in [0.25, 0.3) is 0 Å². The zero-order valence-corrected chi connectivity index (χ0v) is 11.1. The van der Waals surface area contributed by atoms with Gasteiger partial charge in [0.05, 0.1) is 12.7 Å². The van der Waals surface area contributed by atoms with Gasteiger partial charge in [-0.3, -0.25) is 4.79 Å². The van der Waals surface area contributed by atoms with Gasteiger partial charge < -0.3 is 9.47 Å². The number of ketones is 1. The van der Waals surface area contributed by atoms with E-state index in [0.717, 1.165) is 39.1 Å². The van der Waals surface area contributed by atoms with Crippen molar-refractivity contribution in [3.05, 3.63) is 35.4 Å². The molecule has 102 valence electrons. The molecule has 2 heterocycles. The summed E-state index contributed by atoms with van der Waals surface area (Å²) in [4.78, 5) is 12.3. The van der Waals surface area contributed by atoms with Crippen molar-refractivity contribution in [3.63, 3.8) is 0 Å². The predicted octanol–water partition coefficient (Wildman–Crippen LogP) is 2.69. The largest absolute Gasteiger partial charge is 0.381 e. The van der Waals surface area contributed by atoms with Crippen molar-refractivity contribution in [2.75, 3.05) is 19.8 Å². The van der Waals surface area contributed by atoms with Crippen molar-refractivity contribution >= 4 is 5.78 Å². The van der Waals surface area contributed by atoms with Crippen LogP contribution in [-0.2, 0) is 20.7 Å². The van der Waals surface area contributed by atoms with Gasteiger partial charge in [-0.2, -0.15) is 0 Å². The first-order valence-electron chi connectivity index (χ1n) is 7.14. The fourth-order valence-electron chi connectivity index (χ4n) is 3.01. The average molecular weight is 260 g/mol. The minimum Gasteiger partial charge on any atom is -0.381 e. The molecule has 0 saturated carbocycles. The number of hydrogen-bond acceptors (Lipinski definition) is 3. The van der Waals surface area contributed by atoms with Gasteiger partial charge in [0, 0.05) is 25.6 Å². The Morgan fingerprint density at radius 1 is 1.16 bits per heavy atom. The Morgan fingerprint density at radius 3 is 2.79 bits per heavy atom. The lowest BCUT2D eigenvalue weighted by molar-refractivity contribution is -0.129. The lowest BCUT2D eigenvalue weighted by Crippen LogP contribution is -2.27. The highest BCUT2D eigenvalue weighted by atomic mass is 16.5. The van der Waals surface area contributed by atoms with Crippen LogP contribution in [0.15, 0.2) is 24.3 Å². The minimum atomic E-state index is -0.0414. The maximum atomic E-state index is 12.3. The molecule has 3 heteroatoms. The summed E-state index contributed by atoms with van der Waals surface area (Å²) in [6.07, 6.45) is 3.17.